The summed E-state index contributed by atoms with van der Waals surface area (Å²) >= 11 is 0. The zero-order valence-electron chi connectivity index (χ0n) is 90.1. The Morgan fingerprint density at radius 3 is 0.986 bits per heavy atom. The average molecular weight is 1950 g/mol. The standard InChI is InChI=1S/C12H15NO5.C12H15NO3.2C12H17NO3.C12H19NO.C11H13NO3.C11H15NO3.C11H17NO.C7H14O.C5H7NO3/c1-5-7(10(15)16)9(12(3,4)11(17)18)13-8(5)6(2)14;1-6-8(7(2)14)13(5)10-9(6)16-11(15)12(10,3)4;1-7-6-9(12(3,4)11(15)16)13(5)10(7)8(2)14;1-6-8(11(15)16)10(12(3,4)5)13-9(6)7(2)14;1-7-8(2)11(12(4,5)6)13-10(7)9(3)14;1-5-7(6(2)13)12-9-8(5)15-10(14)11(9,3)4;1-6-5-8(11(3,4)10(14)15)12-9(6)7(2)13;1-7-6-9(11(3,4)5)12-10(7)8(2)13;1-5-6(8)7(2,3)4;1-3(7)5(6-9)4(2)8/h13H,1-4H3,(H,15,16)(H,17,18);1-5H3;6H,1-5H3,(H,15,16);13H,1-5H3,(H,15,16);13H,1-6H3;12H,1-4H3;5,12H,1-4H3,(H,14,15);6,12H,1-5H3;5H2,1-4H3;7H,1-2H3. The van der Waals surface area contributed by atoms with Crippen LogP contribution in [-0.2, 0) is 91.0 Å². The Morgan fingerprint density at radius 1 is 0.371 bits per heavy atom. The highest BCUT2D eigenvalue weighted by Crippen LogP contribution is 2.46. The summed E-state index contributed by atoms with van der Waals surface area (Å²) in [6.45, 7) is 73.3. The molecule has 2 aliphatic heterocycles. The van der Waals surface area contributed by atoms with Crippen molar-refractivity contribution in [3.05, 3.63) is 187 Å². The van der Waals surface area contributed by atoms with Gasteiger partial charge in [0.25, 0.3) is 0 Å². The molecular formula is C105H149N9O26. The highest BCUT2D eigenvalue weighted by Gasteiger charge is 2.48. The molecule has 35 nitrogen and oxygen atoms in total. The van der Waals surface area contributed by atoms with Crippen molar-refractivity contribution in [1.29, 1.82) is 0 Å². The molecule has 8 aromatic rings. The number of ketones is 10. The zero-order chi connectivity index (χ0) is 111. The topological polar surface area (TPSA) is 564 Å². The van der Waals surface area contributed by atoms with E-state index in [0.717, 1.165) is 63.1 Å². The van der Waals surface area contributed by atoms with Crippen molar-refractivity contribution in [2.75, 3.05) is 0 Å². The molecule has 770 valence electrons. The minimum Gasteiger partial charge on any atom is -0.510 e. The molecule has 0 saturated heterocycles. The molecule has 0 radical (unpaired) electrons. The third-order valence-corrected chi connectivity index (χ3v) is 23.9. The number of aryl methyl sites for hydroxylation is 3. The number of aliphatic hydroxyl groups is 1. The van der Waals surface area contributed by atoms with Gasteiger partial charge in [-0.3, -0.25) is 71.9 Å². The number of aromatic amines is 6. The lowest BCUT2D eigenvalue weighted by Gasteiger charge is -2.20. The van der Waals surface area contributed by atoms with E-state index < -0.39 is 68.4 Å². The van der Waals surface area contributed by atoms with Gasteiger partial charge in [-0.25, -0.2) is 9.59 Å². The van der Waals surface area contributed by atoms with Crippen LogP contribution < -0.4 is 9.47 Å². The number of Topliss-reactive ketones (excluding diaryl/α,β-unsaturated/α-hetero) is 10. The normalized spacial score (nSPS) is 12.9. The third kappa shape index (κ3) is 29.3. The summed E-state index contributed by atoms with van der Waals surface area (Å²) in [5, 5.41) is 56.5. The van der Waals surface area contributed by atoms with Gasteiger partial charge in [-0.1, -0.05) is 90.0 Å². The van der Waals surface area contributed by atoms with Crippen molar-refractivity contribution in [3.8, 4) is 11.5 Å². The molecule has 8 aromatic heterocycles. The van der Waals surface area contributed by atoms with Gasteiger partial charge in [0.05, 0.1) is 68.1 Å². The maximum atomic E-state index is 11.7. The van der Waals surface area contributed by atoms with Crippen molar-refractivity contribution in [2.45, 2.75) is 341 Å². The SMILES string of the molecule is CC(=O)C(N=O)=C(C)O.CC(=O)c1[nH]c(C(C)(C)C(=O)O)c(C(=O)O)c1C.CC(=O)c1[nH]c(C(C)(C)C(=O)O)cc1C.CC(=O)c1[nH]c(C(C)(C)C)c(C(=O)O)c1C.CC(=O)c1[nH]c(C(C)(C)C)c(C)c1C.CC(=O)c1[nH]c(C(C)(C)C)cc1C.CC(=O)c1[nH]c2c(c1C)OC(=O)C2(C)C.CC(=O)c1c(C)c2c(n1C)C(C)(C)C(=O)O2.CC(=O)c1c(C)cc(C(C)(C)C(=O)O)n1C.CCC(=O)C(C)(C)C. The molecule has 10 heterocycles. The van der Waals surface area contributed by atoms with E-state index in [1.165, 1.54) is 80.5 Å². The molecule has 0 saturated carbocycles. The molecule has 12 N–H and O–H groups in total. The predicted octanol–water partition coefficient (Wildman–Crippen LogP) is 20.4. The van der Waals surface area contributed by atoms with Crippen LogP contribution in [-0.4, -0.2) is 169 Å². The minimum atomic E-state index is -1.41. The Hall–Kier alpha value is -13.6. The Morgan fingerprint density at radius 2 is 0.721 bits per heavy atom. The summed E-state index contributed by atoms with van der Waals surface area (Å²) in [7, 11) is 3.52. The fourth-order valence-corrected chi connectivity index (χ4v) is 15.2. The summed E-state index contributed by atoms with van der Waals surface area (Å²) in [5.41, 5.74) is 11.6. The molecule has 140 heavy (non-hydrogen) atoms. The number of fused-ring (bicyclic) bond motifs is 2. The number of aliphatic hydroxyl groups excluding tert-OH is 1. The molecule has 35 heteroatoms. The number of H-pyrrole nitrogens is 6. The number of nitrogens with zero attached hydrogens (tertiary/aromatic N) is 3. The quantitative estimate of drug-likeness (QED) is 0.0118. The van der Waals surface area contributed by atoms with Gasteiger partial charge >= 0.3 is 41.8 Å². The second-order valence-corrected chi connectivity index (χ2v) is 41.8. The van der Waals surface area contributed by atoms with Gasteiger partial charge in [0.2, 0.25) is 0 Å². The Kier molecular flexibility index (Phi) is 41.7. The number of esters is 2. The van der Waals surface area contributed by atoms with Crippen LogP contribution in [0.1, 0.15) is 435 Å². The fraction of sp³-hybridized carbons (Fsp3) is 0.514. The number of hydrogen-bond donors (Lipinski definition) is 12. The van der Waals surface area contributed by atoms with Gasteiger partial charge in [0.15, 0.2) is 69.2 Å². The van der Waals surface area contributed by atoms with E-state index >= 15 is 0 Å². The van der Waals surface area contributed by atoms with E-state index in [4.69, 9.17) is 35.0 Å². The number of nitrogens with one attached hydrogen (secondary N) is 6. The van der Waals surface area contributed by atoms with Crippen molar-refractivity contribution in [1.82, 2.24) is 39.0 Å². The van der Waals surface area contributed by atoms with Crippen LogP contribution >= 0.6 is 0 Å². The molecule has 0 atom stereocenters. The number of rotatable bonds is 19. The van der Waals surface area contributed by atoms with Gasteiger partial charge in [0, 0.05) is 150 Å². The van der Waals surface area contributed by atoms with Gasteiger partial charge in [-0.15, -0.1) is 4.91 Å². The summed E-state index contributed by atoms with van der Waals surface area (Å²) < 4.78 is 13.9. The van der Waals surface area contributed by atoms with E-state index in [1.54, 1.807) is 112 Å². The fourth-order valence-electron chi connectivity index (χ4n) is 15.2. The number of carboxylic acids is 5. The number of hydrogen-bond acceptors (Lipinski definition) is 22. The van der Waals surface area contributed by atoms with Crippen LogP contribution in [0.3, 0.4) is 0 Å². The van der Waals surface area contributed by atoms with Crippen LogP contribution in [0.5, 0.6) is 11.5 Å². The van der Waals surface area contributed by atoms with Crippen LogP contribution in [0.25, 0.3) is 0 Å². The van der Waals surface area contributed by atoms with Crippen molar-refractivity contribution in [3.63, 3.8) is 0 Å². The lowest BCUT2D eigenvalue weighted by molar-refractivity contribution is -0.143. The van der Waals surface area contributed by atoms with Crippen LogP contribution in [0.2, 0.25) is 0 Å². The van der Waals surface area contributed by atoms with Gasteiger partial charge in [0.1, 0.15) is 38.6 Å². The number of allylic oxidation sites excluding steroid dienone is 2. The molecule has 0 spiro atoms. The first-order chi connectivity index (χ1) is 63.0. The number of carbonyl (C=O) groups excluding carboxylic acids is 12. The molecule has 0 unspecified atom stereocenters. The average Bonchev–Trinajstić information content (AvgIpc) is 1.57. The largest absolute Gasteiger partial charge is 0.510 e. The first-order valence-electron chi connectivity index (χ1n) is 45.1. The number of nitroso groups, excluding NO2 is 1. The van der Waals surface area contributed by atoms with E-state index in [9.17, 15) is 91.5 Å². The number of aliphatic carboxylic acids is 3. The van der Waals surface area contributed by atoms with Gasteiger partial charge in [-0.05, 0) is 201 Å². The highest BCUT2D eigenvalue weighted by atomic mass is 16.5. The summed E-state index contributed by atoms with van der Waals surface area (Å²) in [6.07, 6.45) is 0.656. The summed E-state index contributed by atoms with van der Waals surface area (Å²) in [6, 6.07) is 5.53. The first-order valence-corrected chi connectivity index (χ1v) is 45.1. The van der Waals surface area contributed by atoms with E-state index in [-0.39, 0.29) is 114 Å². The number of aromatic carboxylic acids is 2. The number of carboxylic acid groups (broad SMARTS) is 5. The number of aromatic nitrogens is 8. The molecule has 0 fully saturated rings. The summed E-state index contributed by atoms with van der Waals surface area (Å²) in [4.78, 5) is 218. The molecule has 0 amide bonds. The van der Waals surface area contributed by atoms with Crippen LogP contribution in [0, 0.1) is 72.6 Å². The second-order valence-electron chi connectivity index (χ2n) is 41.8. The molecular weight excluding hydrogens is 1800 g/mol. The van der Waals surface area contributed by atoms with E-state index in [2.05, 4.69) is 89.6 Å². The second kappa shape index (κ2) is 46.9. The highest BCUT2D eigenvalue weighted by molar-refractivity contribution is 6.04. The van der Waals surface area contributed by atoms with Gasteiger partial charge < -0.3 is 79.2 Å². The smallest absolute Gasteiger partial charge is 0.337 e. The third-order valence-electron chi connectivity index (χ3n) is 23.9. The first kappa shape index (κ1) is 124. The molecule has 2 aliphatic rings. The molecule has 10 rings (SSSR count). The van der Waals surface area contributed by atoms with Crippen LogP contribution in [0.4, 0.5) is 0 Å². The van der Waals surface area contributed by atoms with E-state index in [0.29, 0.717) is 80.5 Å². The van der Waals surface area contributed by atoms with Crippen molar-refractivity contribution < 1.29 is 122 Å². The monoisotopic (exact) mass is 1950 g/mol. The molecule has 0 aliphatic carbocycles. The number of carbonyl (C=O) groups is 17. The van der Waals surface area contributed by atoms with Crippen LogP contribution in [0.15, 0.2) is 34.8 Å². The lowest BCUT2D eigenvalue weighted by Crippen LogP contribution is -2.31. The zero-order valence-corrected chi connectivity index (χ0v) is 90.1. The van der Waals surface area contributed by atoms with Crippen molar-refractivity contribution in [2.24, 2.45) is 24.7 Å². The Labute approximate surface area is 819 Å². The Balaban J connectivity index is 0.000000783. The molecule has 0 bridgehead atoms. The summed E-state index contributed by atoms with van der Waals surface area (Å²) in [5.74, 6) is -5.66. The minimum absolute atomic E-state index is 0.0127. The van der Waals surface area contributed by atoms with Gasteiger partial charge in [-0.2, -0.15) is 0 Å². The Bertz CT molecular complexity index is 6190. The predicted molar refractivity (Wildman–Crippen MR) is 534 cm³/mol. The molecule has 0 aromatic carbocycles. The number of ether oxygens (including phenoxy) is 2. The maximum absolute atomic E-state index is 11.7. The van der Waals surface area contributed by atoms with E-state index in [1.807, 2.05) is 90.0 Å². The lowest BCUT2D eigenvalue weighted by atomic mass is 9.86. The van der Waals surface area contributed by atoms with Crippen molar-refractivity contribution >= 4 is 99.6 Å². The maximum Gasteiger partial charge on any atom is 0.337 e.